The smallest absolute Gasteiger partial charge is 0.0554 e. The Kier molecular flexibility index (Phi) is 12.5. The quantitative estimate of drug-likeness (QED) is 0.437. The van der Waals surface area contributed by atoms with Crippen LogP contribution >= 0.6 is 12.6 Å². The maximum absolute atomic E-state index is 5.41. The Hall–Kier alpha value is 0.270. The van der Waals surface area contributed by atoms with E-state index in [4.69, 9.17) is 9.47 Å². The third kappa shape index (κ3) is 12.3. The van der Waals surface area contributed by atoms with Gasteiger partial charge in [0, 0.05) is 25.6 Å². The van der Waals surface area contributed by atoms with Crippen LogP contribution in [0, 0.1) is 0 Å². The van der Waals surface area contributed by atoms with Gasteiger partial charge in [0.25, 0.3) is 0 Å². The second-order valence-electron chi connectivity index (χ2n) is 3.01. The normalized spacial score (nSPS) is 10.6. The molecular formula is C10H22O2S. The van der Waals surface area contributed by atoms with Crippen molar-refractivity contribution in [3.8, 4) is 0 Å². The summed E-state index contributed by atoms with van der Waals surface area (Å²) in [7, 11) is 0. The van der Waals surface area contributed by atoms with Crippen LogP contribution in [0.15, 0.2) is 0 Å². The lowest BCUT2D eigenvalue weighted by Crippen LogP contribution is -2.01. The van der Waals surface area contributed by atoms with E-state index in [1.165, 1.54) is 12.8 Å². The summed E-state index contributed by atoms with van der Waals surface area (Å²) in [6.07, 6.45) is 4.59. The molecule has 0 radical (unpaired) electrons. The molecule has 0 aromatic heterocycles. The van der Waals surface area contributed by atoms with Crippen molar-refractivity contribution >= 4 is 12.6 Å². The average molecular weight is 206 g/mol. The third-order valence-corrected chi connectivity index (χ3v) is 1.89. The highest BCUT2D eigenvalue weighted by atomic mass is 32.1. The number of hydrogen-bond acceptors (Lipinski definition) is 3. The van der Waals surface area contributed by atoms with Crippen molar-refractivity contribution in [3.63, 3.8) is 0 Å². The van der Waals surface area contributed by atoms with Crippen LogP contribution in [0.5, 0.6) is 0 Å². The van der Waals surface area contributed by atoms with E-state index in [0.717, 1.165) is 45.0 Å². The molecule has 0 heterocycles. The zero-order chi connectivity index (χ0) is 9.78. The summed E-state index contributed by atoms with van der Waals surface area (Å²) in [6, 6.07) is 0. The molecule has 0 saturated heterocycles. The largest absolute Gasteiger partial charge is 0.381 e. The topological polar surface area (TPSA) is 18.5 Å². The molecule has 0 rings (SSSR count). The molecule has 0 saturated carbocycles. The second kappa shape index (κ2) is 12.3. The molecule has 80 valence electrons. The third-order valence-electron chi connectivity index (χ3n) is 1.71. The number of ether oxygens (including phenoxy) is 2. The molecule has 0 spiro atoms. The van der Waals surface area contributed by atoms with E-state index < -0.39 is 0 Å². The van der Waals surface area contributed by atoms with Gasteiger partial charge in [-0.3, -0.25) is 0 Å². The maximum Gasteiger partial charge on any atom is 0.0554 e. The molecule has 0 bridgehead atoms. The fourth-order valence-corrected chi connectivity index (χ4v) is 1.05. The van der Waals surface area contributed by atoms with Crippen LogP contribution in [0.1, 0.15) is 32.6 Å². The van der Waals surface area contributed by atoms with Crippen molar-refractivity contribution in [1.29, 1.82) is 0 Å². The molecule has 0 fully saturated rings. The van der Waals surface area contributed by atoms with Gasteiger partial charge < -0.3 is 9.47 Å². The Bertz CT molecular complexity index is 79.0. The standard InChI is InChI=1S/C10H22O2S/c1-2-3-6-11-7-4-5-8-12-9-10-13/h13H,2-10H2,1H3. The van der Waals surface area contributed by atoms with Crippen molar-refractivity contribution in [2.75, 3.05) is 32.2 Å². The molecule has 0 aromatic carbocycles. The summed E-state index contributed by atoms with van der Waals surface area (Å²) in [5.74, 6) is 0.812. The van der Waals surface area contributed by atoms with Crippen molar-refractivity contribution < 1.29 is 9.47 Å². The summed E-state index contributed by atoms with van der Waals surface area (Å²) >= 11 is 4.05. The van der Waals surface area contributed by atoms with Crippen molar-refractivity contribution in [3.05, 3.63) is 0 Å². The molecule has 0 aliphatic rings. The van der Waals surface area contributed by atoms with Crippen molar-refractivity contribution in [1.82, 2.24) is 0 Å². The zero-order valence-corrected chi connectivity index (χ0v) is 9.52. The highest BCUT2D eigenvalue weighted by Gasteiger charge is 1.90. The Morgan fingerprint density at radius 3 is 1.92 bits per heavy atom. The predicted octanol–water partition coefficient (Wildman–Crippen LogP) is 2.53. The highest BCUT2D eigenvalue weighted by molar-refractivity contribution is 7.80. The van der Waals surface area contributed by atoms with Crippen LogP contribution < -0.4 is 0 Å². The van der Waals surface area contributed by atoms with Crippen molar-refractivity contribution in [2.24, 2.45) is 0 Å². The fourth-order valence-electron chi connectivity index (χ4n) is 0.923. The van der Waals surface area contributed by atoms with E-state index >= 15 is 0 Å². The highest BCUT2D eigenvalue weighted by Crippen LogP contribution is 1.94. The molecule has 2 nitrogen and oxygen atoms in total. The van der Waals surface area contributed by atoms with Crippen LogP contribution in [0.4, 0.5) is 0 Å². The lowest BCUT2D eigenvalue weighted by Gasteiger charge is -2.03. The molecule has 0 unspecified atom stereocenters. The van der Waals surface area contributed by atoms with Gasteiger partial charge in [-0.05, 0) is 19.3 Å². The van der Waals surface area contributed by atoms with Gasteiger partial charge in [-0.2, -0.15) is 12.6 Å². The van der Waals surface area contributed by atoms with Gasteiger partial charge in [-0.25, -0.2) is 0 Å². The van der Waals surface area contributed by atoms with Gasteiger partial charge in [-0.1, -0.05) is 13.3 Å². The fraction of sp³-hybridized carbons (Fsp3) is 1.00. The molecule has 13 heavy (non-hydrogen) atoms. The van der Waals surface area contributed by atoms with E-state index in [0.29, 0.717) is 0 Å². The Balaban J connectivity index is 2.76. The summed E-state index contributed by atoms with van der Waals surface area (Å²) in [5, 5.41) is 0. The summed E-state index contributed by atoms with van der Waals surface area (Å²) in [5.41, 5.74) is 0. The first-order valence-corrected chi connectivity index (χ1v) is 5.81. The monoisotopic (exact) mass is 206 g/mol. The molecule has 0 aromatic rings. The lowest BCUT2D eigenvalue weighted by molar-refractivity contribution is 0.107. The molecule has 0 amide bonds. The minimum absolute atomic E-state index is 0.764. The zero-order valence-electron chi connectivity index (χ0n) is 8.63. The first kappa shape index (κ1) is 13.3. The minimum Gasteiger partial charge on any atom is -0.381 e. The van der Waals surface area contributed by atoms with Crippen LogP contribution in [-0.4, -0.2) is 32.2 Å². The first-order chi connectivity index (χ1) is 6.41. The van der Waals surface area contributed by atoms with Gasteiger partial charge >= 0.3 is 0 Å². The molecule has 0 aliphatic carbocycles. The van der Waals surface area contributed by atoms with Gasteiger partial charge in [0.1, 0.15) is 0 Å². The number of unbranched alkanes of at least 4 members (excludes halogenated alkanes) is 2. The Labute approximate surface area is 87.4 Å². The molecule has 0 N–H and O–H groups in total. The summed E-state index contributed by atoms with van der Waals surface area (Å²) in [4.78, 5) is 0. The van der Waals surface area contributed by atoms with Crippen LogP contribution in [0.3, 0.4) is 0 Å². The second-order valence-corrected chi connectivity index (χ2v) is 3.46. The van der Waals surface area contributed by atoms with E-state index in [2.05, 4.69) is 19.6 Å². The Morgan fingerprint density at radius 2 is 1.38 bits per heavy atom. The number of hydrogen-bond donors (Lipinski definition) is 1. The van der Waals surface area contributed by atoms with Crippen LogP contribution in [-0.2, 0) is 9.47 Å². The summed E-state index contributed by atoms with van der Waals surface area (Å²) < 4.78 is 10.7. The van der Waals surface area contributed by atoms with Crippen LogP contribution in [0.2, 0.25) is 0 Å². The van der Waals surface area contributed by atoms with Crippen LogP contribution in [0.25, 0.3) is 0 Å². The maximum atomic E-state index is 5.41. The van der Waals surface area contributed by atoms with Gasteiger partial charge in [0.05, 0.1) is 6.61 Å². The van der Waals surface area contributed by atoms with Gasteiger partial charge in [0.2, 0.25) is 0 Å². The number of thiol groups is 1. The summed E-state index contributed by atoms with van der Waals surface area (Å²) in [6.45, 7) is 5.57. The van der Waals surface area contributed by atoms with Crippen molar-refractivity contribution in [2.45, 2.75) is 32.6 Å². The molecule has 3 heteroatoms. The predicted molar refractivity (Wildman–Crippen MR) is 59.6 cm³/mol. The average Bonchev–Trinajstić information content (AvgIpc) is 2.16. The lowest BCUT2D eigenvalue weighted by atomic mass is 10.3. The first-order valence-electron chi connectivity index (χ1n) is 5.18. The SMILES string of the molecule is CCCCOCCCCOCCS. The molecule has 0 atom stereocenters. The van der Waals surface area contributed by atoms with E-state index in [-0.39, 0.29) is 0 Å². The van der Waals surface area contributed by atoms with E-state index in [9.17, 15) is 0 Å². The minimum atomic E-state index is 0.764. The van der Waals surface area contributed by atoms with E-state index in [1.807, 2.05) is 0 Å². The molecular weight excluding hydrogens is 184 g/mol. The van der Waals surface area contributed by atoms with Gasteiger partial charge in [0.15, 0.2) is 0 Å². The molecule has 0 aliphatic heterocycles. The van der Waals surface area contributed by atoms with Gasteiger partial charge in [-0.15, -0.1) is 0 Å². The number of rotatable bonds is 10. The Morgan fingerprint density at radius 1 is 0.846 bits per heavy atom. The van der Waals surface area contributed by atoms with E-state index in [1.54, 1.807) is 0 Å².